The lowest BCUT2D eigenvalue weighted by atomic mass is 10.0. The molecule has 1 spiro atoms. The lowest BCUT2D eigenvalue weighted by Gasteiger charge is -2.03. The number of carboxylic acid groups (broad SMARTS) is 1. The summed E-state index contributed by atoms with van der Waals surface area (Å²) in [5.74, 6) is -0.290. The van der Waals surface area contributed by atoms with Crippen molar-refractivity contribution in [2.24, 2.45) is 16.1 Å². The predicted octanol–water partition coefficient (Wildman–Crippen LogP) is -0.0193. The van der Waals surface area contributed by atoms with E-state index in [1.165, 1.54) is 0 Å². The highest BCUT2D eigenvalue weighted by molar-refractivity contribution is 5.94. The van der Waals surface area contributed by atoms with Gasteiger partial charge in [0.05, 0.1) is 0 Å². The van der Waals surface area contributed by atoms with Gasteiger partial charge in [0.25, 0.3) is 0 Å². The van der Waals surface area contributed by atoms with Crippen molar-refractivity contribution in [1.82, 2.24) is 0 Å². The Hall–Kier alpha value is -1.06. The van der Waals surface area contributed by atoms with Crippen LogP contribution >= 0.6 is 0 Å². The topological polar surface area (TPSA) is 75.7 Å². The zero-order valence-corrected chi connectivity index (χ0v) is 6.08. The van der Waals surface area contributed by atoms with Crippen molar-refractivity contribution in [3.05, 3.63) is 0 Å². The van der Waals surface area contributed by atoms with E-state index in [0.717, 1.165) is 12.8 Å². The minimum Gasteiger partial charge on any atom is -0.480 e. The van der Waals surface area contributed by atoms with Gasteiger partial charge in [-0.3, -0.25) is 4.99 Å². The first-order chi connectivity index (χ1) is 5.14. The molecule has 2 aliphatic rings. The molecule has 1 fully saturated rings. The molecule has 0 bridgehead atoms. The van der Waals surface area contributed by atoms with Gasteiger partial charge < -0.3 is 10.8 Å². The van der Waals surface area contributed by atoms with Gasteiger partial charge in [-0.15, -0.1) is 0 Å². The Kier molecular flexibility index (Phi) is 1.06. The molecule has 4 nitrogen and oxygen atoms in total. The molecule has 0 aromatic rings. The summed E-state index contributed by atoms with van der Waals surface area (Å²) in [5, 5.41) is 8.63. The summed E-state index contributed by atoms with van der Waals surface area (Å²) in [4.78, 5) is 14.4. The number of carbonyl (C=O) groups is 1. The lowest BCUT2D eigenvalue weighted by molar-refractivity contribution is -0.138. The van der Waals surface area contributed by atoms with Crippen LogP contribution in [0.1, 0.15) is 19.3 Å². The molecule has 0 amide bonds. The Morgan fingerprint density at radius 1 is 1.73 bits per heavy atom. The normalized spacial score (nSPS) is 32.0. The summed E-state index contributed by atoms with van der Waals surface area (Å²) in [6.45, 7) is 0. The Morgan fingerprint density at radius 3 is 2.64 bits per heavy atom. The quantitative estimate of drug-likeness (QED) is 0.557. The van der Waals surface area contributed by atoms with Crippen molar-refractivity contribution >= 4 is 11.8 Å². The molecular weight excluding hydrogens is 144 g/mol. The van der Waals surface area contributed by atoms with Gasteiger partial charge in [-0.05, 0) is 19.3 Å². The first-order valence-electron chi connectivity index (χ1n) is 3.71. The van der Waals surface area contributed by atoms with Gasteiger partial charge in [-0.2, -0.15) is 0 Å². The number of hydrogen-bond donors (Lipinski definition) is 2. The van der Waals surface area contributed by atoms with Crippen molar-refractivity contribution in [2.45, 2.75) is 25.3 Å². The average Bonchev–Trinajstić information content (AvgIpc) is 2.59. The van der Waals surface area contributed by atoms with Gasteiger partial charge in [0, 0.05) is 5.41 Å². The molecule has 1 aliphatic heterocycles. The van der Waals surface area contributed by atoms with Crippen LogP contribution < -0.4 is 5.73 Å². The number of rotatable bonds is 1. The predicted molar refractivity (Wildman–Crippen MR) is 39.3 cm³/mol. The zero-order chi connectivity index (χ0) is 8.06. The number of nitrogens with two attached hydrogens (primary N) is 1. The fourth-order valence-corrected chi connectivity index (χ4v) is 1.58. The van der Waals surface area contributed by atoms with Crippen LogP contribution in [0.4, 0.5) is 0 Å². The van der Waals surface area contributed by atoms with Crippen molar-refractivity contribution in [3.63, 3.8) is 0 Å². The van der Waals surface area contributed by atoms with Crippen LogP contribution in [0, 0.1) is 5.41 Å². The molecule has 60 valence electrons. The standard InChI is InChI=1S/C7H10N2O2/c8-6-7(1-2-7)3-4(9-6)5(10)11/h4H,1-3H2,(H2,8,9)(H,10,11). The molecule has 3 N–H and O–H groups in total. The van der Waals surface area contributed by atoms with Crippen LogP contribution in [0.2, 0.25) is 0 Å². The molecule has 1 atom stereocenters. The summed E-state index contributed by atoms with van der Waals surface area (Å²) >= 11 is 0. The average molecular weight is 154 g/mol. The Morgan fingerprint density at radius 2 is 2.36 bits per heavy atom. The number of amidine groups is 1. The second-order valence-electron chi connectivity index (χ2n) is 3.35. The van der Waals surface area contributed by atoms with Crippen molar-refractivity contribution in [3.8, 4) is 0 Å². The minimum atomic E-state index is -0.850. The lowest BCUT2D eigenvalue weighted by Crippen LogP contribution is -2.20. The van der Waals surface area contributed by atoms with Crippen LogP contribution in [0.25, 0.3) is 0 Å². The second kappa shape index (κ2) is 1.75. The van der Waals surface area contributed by atoms with Crippen LogP contribution in [-0.2, 0) is 4.79 Å². The largest absolute Gasteiger partial charge is 0.480 e. The van der Waals surface area contributed by atoms with E-state index in [9.17, 15) is 4.79 Å². The number of hydrogen-bond acceptors (Lipinski definition) is 3. The smallest absolute Gasteiger partial charge is 0.328 e. The van der Waals surface area contributed by atoms with E-state index in [2.05, 4.69) is 4.99 Å². The third-order valence-corrected chi connectivity index (χ3v) is 2.56. The molecule has 11 heavy (non-hydrogen) atoms. The molecular formula is C7H10N2O2. The summed E-state index contributed by atoms with van der Waals surface area (Å²) < 4.78 is 0. The van der Waals surface area contributed by atoms with Crippen molar-refractivity contribution < 1.29 is 9.90 Å². The Bertz CT molecular complexity index is 243. The highest BCUT2D eigenvalue weighted by Gasteiger charge is 2.53. The third-order valence-electron chi connectivity index (χ3n) is 2.56. The first kappa shape index (κ1) is 6.64. The van der Waals surface area contributed by atoms with Crippen LogP contribution in [0.15, 0.2) is 4.99 Å². The maximum absolute atomic E-state index is 10.5. The van der Waals surface area contributed by atoms with E-state index in [1.807, 2.05) is 0 Å². The van der Waals surface area contributed by atoms with E-state index < -0.39 is 12.0 Å². The molecule has 0 aromatic heterocycles. The summed E-state index contributed by atoms with van der Waals surface area (Å²) in [6.07, 6.45) is 2.66. The summed E-state index contributed by atoms with van der Waals surface area (Å²) in [5.41, 5.74) is 5.59. The van der Waals surface area contributed by atoms with Crippen LogP contribution in [0.5, 0.6) is 0 Å². The number of aliphatic imine (C=N–C) groups is 1. The molecule has 1 unspecified atom stereocenters. The molecule has 4 heteroatoms. The summed E-state index contributed by atoms with van der Waals surface area (Å²) in [6, 6.07) is -0.572. The van der Waals surface area contributed by atoms with Gasteiger partial charge >= 0.3 is 5.97 Å². The minimum absolute atomic E-state index is 0.00303. The van der Waals surface area contributed by atoms with Gasteiger partial charge in [0.15, 0.2) is 0 Å². The first-order valence-corrected chi connectivity index (χ1v) is 3.71. The highest BCUT2D eigenvalue weighted by Crippen LogP contribution is 2.53. The number of aliphatic carboxylic acids is 1. The van der Waals surface area contributed by atoms with Gasteiger partial charge in [0.2, 0.25) is 0 Å². The molecule has 0 saturated heterocycles. The molecule has 1 heterocycles. The van der Waals surface area contributed by atoms with Gasteiger partial charge in [-0.1, -0.05) is 0 Å². The Balaban J connectivity index is 2.18. The number of carboxylic acids is 1. The van der Waals surface area contributed by atoms with E-state index in [0.29, 0.717) is 12.3 Å². The van der Waals surface area contributed by atoms with Crippen molar-refractivity contribution in [1.29, 1.82) is 0 Å². The number of nitrogens with zero attached hydrogens (tertiary/aromatic N) is 1. The maximum Gasteiger partial charge on any atom is 0.328 e. The van der Waals surface area contributed by atoms with Gasteiger partial charge in [0.1, 0.15) is 11.9 Å². The molecule has 2 rings (SSSR count). The Labute approximate surface area is 64.1 Å². The van der Waals surface area contributed by atoms with E-state index in [4.69, 9.17) is 10.8 Å². The fraction of sp³-hybridized carbons (Fsp3) is 0.714. The zero-order valence-electron chi connectivity index (χ0n) is 6.08. The van der Waals surface area contributed by atoms with Crippen LogP contribution in [0.3, 0.4) is 0 Å². The third kappa shape index (κ3) is 0.818. The van der Waals surface area contributed by atoms with E-state index in [-0.39, 0.29) is 5.41 Å². The summed E-state index contributed by atoms with van der Waals surface area (Å²) in [7, 11) is 0. The molecule has 1 aliphatic carbocycles. The SMILES string of the molecule is NC1=NC(C(=O)O)CC12CC2. The highest BCUT2D eigenvalue weighted by atomic mass is 16.4. The molecule has 0 aromatic carbocycles. The van der Waals surface area contributed by atoms with Crippen LogP contribution in [-0.4, -0.2) is 23.0 Å². The van der Waals surface area contributed by atoms with E-state index in [1.54, 1.807) is 0 Å². The molecule has 0 radical (unpaired) electrons. The monoisotopic (exact) mass is 154 g/mol. The maximum atomic E-state index is 10.5. The fourth-order valence-electron chi connectivity index (χ4n) is 1.58. The molecule has 1 saturated carbocycles. The second-order valence-corrected chi connectivity index (χ2v) is 3.35. The van der Waals surface area contributed by atoms with Crippen molar-refractivity contribution in [2.75, 3.05) is 0 Å². The van der Waals surface area contributed by atoms with Gasteiger partial charge in [-0.25, -0.2) is 4.79 Å². The van der Waals surface area contributed by atoms with E-state index >= 15 is 0 Å².